The molecule has 0 aliphatic carbocycles. The van der Waals surface area contributed by atoms with Crippen molar-refractivity contribution in [1.82, 2.24) is 0 Å². The Morgan fingerprint density at radius 1 is 1.03 bits per heavy atom. The maximum Gasteiger partial charge on any atom is 0.193 e. The van der Waals surface area contributed by atoms with Gasteiger partial charge >= 0.3 is 0 Å². The van der Waals surface area contributed by atoms with Gasteiger partial charge in [-0.15, -0.1) is 0 Å². The molecule has 0 radical (unpaired) electrons. The average Bonchev–Trinajstić information content (AvgIpc) is 3.14. The number of methoxy groups -OCH3 is 1. The number of anilines is 1. The highest BCUT2D eigenvalue weighted by Gasteiger charge is 2.18. The number of nitrogens with zero attached hydrogens (tertiary/aromatic N) is 1. The third kappa shape index (κ3) is 4.26. The second-order valence-electron chi connectivity index (χ2n) is 7.03. The molecule has 0 spiro atoms. The first-order valence-electron chi connectivity index (χ1n) is 9.54. The van der Waals surface area contributed by atoms with E-state index in [1.165, 1.54) is 11.1 Å². The van der Waals surface area contributed by atoms with Gasteiger partial charge < -0.3 is 19.8 Å². The van der Waals surface area contributed by atoms with E-state index in [-0.39, 0.29) is 12.5 Å². The summed E-state index contributed by atoms with van der Waals surface area (Å²) in [6.07, 6.45) is 0.858. The van der Waals surface area contributed by atoms with E-state index >= 15 is 0 Å². The van der Waals surface area contributed by atoms with E-state index in [0.717, 1.165) is 17.4 Å². The lowest BCUT2D eigenvalue weighted by Gasteiger charge is -2.23. The molecule has 0 saturated carbocycles. The number of halogens is 1. The van der Waals surface area contributed by atoms with Gasteiger partial charge in [0.05, 0.1) is 19.3 Å². The zero-order valence-electron chi connectivity index (χ0n) is 16.6. The average molecular weight is 420 g/mol. The van der Waals surface area contributed by atoms with Crippen LogP contribution in [-0.2, 0) is 13.0 Å². The van der Waals surface area contributed by atoms with Crippen LogP contribution in [0.5, 0.6) is 5.75 Å². The number of ether oxygens (including phenoxy) is 1. The molecular weight excluding hydrogens is 398 g/mol. The first kappa shape index (κ1) is 19.9. The Morgan fingerprint density at radius 3 is 2.57 bits per heavy atom. The second kappa shape index (κ2) is 8.51. The molecule has 4 aromatic rings. The van der Waals surface area contributed by atoms with Gasteiger partial charge in [-0.3, -0.25) is 5.41 Å². The van der Waals surface area contributed by atoms with E-state index in [0.29, 0.717) is 22.2 Å². The van der Waals surface area contributed by atoms with Crippen LogP contribution in [0.3, 0.4) is 0 Å². The van der Waals surface area contributed by atoms with Gasteiger partial charge in [-0.1, -0.05) is 48.0 Å². The zero-order chi connectivity index (χ0) is 21.1. The van der Waals surface area contributed by atoms with E-state index in [1.54, 1.807) is 30.2 Å². The summed E-state index contributed by atoms with van der Waals surface area (Å²) in [5, 5.41) is 9.59. The Kier molecular flexibility index (Phi) is 5.63. The van der Waals surface area contributed by atoms with Gasteiger partial charge in [0.1, 0.15) is 17.1 Å². The molecule has 0 atom stereocenters. The van der Waals surface area contributed by atoms with Gasteiger partial charge in [0.15, 0.2) is 5.96 Å². The minimum Gasteiger partial charge on any atom is -0.495 e. The predicted molar refractivity (Wildman–Crippen MR) is 122 cm³/mol. The fourth-order valence-electron chi connectivity index (χ4n) is 3.50. The summed E-state index contributed by atoms with van der Waals surface area (Å²) in [7, 11) is 1.57. The number of rotatable bonds is 6. The summed E-state index contributed by atoms with van der Waals surface area (Å²) in [6, 6.07) is 23.7. The summed E-state index contributed by atoms with van der Waals surface area (Å²) in [5.41, 5.74) is 9.74. The van der Waals surface area contributed by atoms with E-state index in [2.05, 4.69) is 24.3 Å². The Balaban J connectivity index is 1.62. The van der Waals surface area contributed by atoms with Gasteiger partial charge in [0, 0.05) is 10.4 Å². The minimum atomic E-state index is -0.124. The van der Waals surface area contributed by atoms with Crippen molar-refractivity contribution < 1.29 is 9.15 Å². The quantitative estimate of drug-likeness (QED) is 0.315. The van der Waals surface area contributed by atoms with E-state index < -0.39 is 0 Å². The lowest BCUT2D eigenvalue weighted by atomic mass is 10.0. The van der Waals surface area contributed by atoms with Crippen molar-refractivity contribution in [3.63, 3.8) is 0 Å². The summed E-state index contributed by atoms with van der Waals surface area (Å²) >= 11 is 6.16. The summed E-state index contributed by atoms with van der Waals surface area (Å²) < 4.78 is 11.4. The summed E-state index contributed by atoms with van der Waals surface area (Å²) in [5.74, 6) is 1.15. The maximum absolute atomic E-state index is 8.04. The lowest BCUT2D eigenvalue weighted by Crippen LogP contribution is -2.36. The topological polar surface area (TPSA) is 75.5 Å². The Labute approximate surface area is 180 Å². The number of hydrogen-bond acceptors (Lipinski definition) is 3. The molecule has 0 aliphatic heterocycles. The summed E-state index contributed by atoms with van der Waals surface area (Å²) in [6.45, 7) is 0.286. The van der Waals surface area contributed by atoms with Crippen LogP contribution in [0.15, 0.2) is 77.2 Å². The number of fused-ring (bicyclic) bond motifs is 1. The van der Waals surface area contributed by atoms with Crippen LogP contribution in [0.25, 0.3) is 11.0 Å². The molecule has 0 bridgehead atoms. The standard InChI is InChI=1S/C24H22ClN3O2/c1-29-23-10-8-19(25)14-21(23)28(24(26)27)15-20-13-18-12-17(7-9-22(18)30-20)11-16-5-3-2-4-6-16/h2-10,12-14H,11,15H2,1H3,(H3,26,27). The fourth-order valence-corrected chi connectivity index (χ4v) is 3.66. The van der Waals surface area contributed by atoms with Crippen molar-refractivity contribution in [2.24, 2.45) is 5.73 Å². The second-order valence-corrected chi connectivity index (χ2v) is 7.47. The number of benzene rings is 3. The van der Waals surface area contributed by atoms with Crippen molar-refractivity contribution in [1.29, 1.82) is 5.41 Å². The highest BCUT2D eigenvalue weighted by molar-refractivity contribution is 6.31. The Bertz CT molecular complexity index is 1190. The molecule has 0 fully saturated rings. The number of furan rings is 1. The predicted octanol–water partition coefficient (Wildman–Crippen LogP) is 5.59. The van der Waals surface area contributed by atoms with Crippen molar-refractivity contribution in [3.8, 4) is 5.75 Å². The van der Waals surface area contributed by atoms with Crippen molar-refractivity contribution >= 4 is 34.2 Å². The monoisotopic (exact) mass is 419 g/mol. The molecule has 4 rings (SSSR count). The van der Waals surface area contributed by atoms with Gasteiger partial charge in [-0.2, -0.15) is 0 Å². The summed E-state index contributed by atoms with van der Waals surface area (Å²) in [4.78, 5) is 1.60. The van der Waals surface area contributed by atoms with Crippen LogP contribution >= 0.6 is 11.6 Å². The van der Waals surface area contributed by atoms with Crippen molar-refractivity contribution in [2.45, 2.75) is 13.0 Å². The van der Waals surface area contributed by atoms with Crippen LogP contribution in [0.2, 0.25) is 5.02 Å². The molecule has 0 saturated heterocycles. The molecule has 3 N–H and O–H groups in total. The molecule has 5 nitrogen and oxygen atoms in total. The third-order valence-electron chi connectivity index (χ3n) is 4.92. The molecule has 152 valence electrons. The smallest absolute Gasteiger partial charge is 0.193 e. The van der Waals surface area contributed by atoms with Crippen LogP contribution in [0, 0.1) is 5.41 Å². The SMILES string of the molecule is COc1ccc(Cl)cc1N(Cc1cc2cc(Cc3ccccc3)ccc2o1)C(=N)N. The van der Waals surface area contributed by atoms with E-state index in [9.17, 15) is 0 Å². The normalized spacial score (nSPS) is 10.9. The van der Waals surface area contributed by atoms with E-state index in [4.69, 9.17) is 31.9 Å². The third-order valence-corrected chi connectivity index (χ3v) is 5.15. The van der Waals surface area contributed by atoms with Crippen LogP contribution < -0.4 is 15.4 Å². The van der Waals surface area contributed by atoms with E-state index in [1.807, 2.05) is 30.3 Å². The first-order chi connectivity index (χ1) is 14.5. The largest absolute Gasteiger partial charge is 0.495 e. The molecule has 1 heterocycles. The fraction of sp³-hybridized carbons (Fsp3) is 0.125. The highest BCUT2D eigenvalue weighted by atomic mass is 35.5. The number of hydrogen-bond donors (Lipinski definition) is 2. The number of nitrogens with two attached hydrogens (primary N) is 1. The van der Waals surface area contributed by atoms with Gasteiger partial charge in [-0.05, 0) is 53.9 Å². The van der Waals surface area contributed by atoms with Gasteiger partial charge in [-0.25, -0.2) is 0 Å². The molecule has 0 aliphatic rings. The van der Waals surface area contributed by atoms with Crippen molar-refractivity contribution in [2.75, 3.05) is 12.0 Å². The van der Waals surface area contributed by atoms with Crippen molar-refractivity contribution in [3.05, 3.63) is 94.7 Å². The lowest BCUT2D eigenvalue weighted by molar-refractivity contribution is 0.415. The minimum absolute atomic E-state index is 0.124. The molecule has 0 unspecified atom stereocenters. The van der Waals surface area contributed by atoms with Gasteiger partial charge in [0.25, 0.3) is 0 Å². The Morgan fingerprint density at radius 2 is 1.83 bits per heavy atom. The molecule has 30 heavy (non-hydrogen) atoms. The zero-order valence-corrected chi connectivity index (χ0v) is 17.3. The number of guanidine groups is 1. The van der Waals surface area contributed by atoms with Crippen LogP contribution in [0.1, 0.15) is 16.9 Å². The molecule has 0 amide bonds. The molecule has 6 heteroatoms. The maximum atomic E-state index is 8.04. The van der Waals surface area contributed by atoms with Gasteiger partial charge in [0.2, 0.25) is 0 Å². The van der Waals surface area contributed by atoms with Crippen LogP contribution in [0.4, 0.5) is 5.69 Å². The molecule has 3 aromatic carbocycles. The Hall–Kier alpha value is -3.44. The highest BCUT2D eigenvalue weighted by Crippen LogP contribution is 2.33. The number of nitrogens with one attached hydrogen (secondary N) is 1. The van der Waals surface area contributed by atoms with Crippen LogP contribution in [-0.4, -0.2) is 13.1 Å². The molecular formula is C24H22ClN3O2. The molecule has 1 aromatic heterocycles. The first-order valence-corrected chi connectivity index (χ1v) is 9.91.